The molecule has 0 bridgehead atoms. The standard InChI is InChI=1S/C21H30O4S/c22-17(14-16-8-4-3-5-9-16)15-26-20-13-12-19(23)18(20)10-6-1-2-7-11-21(24)25/h3-5,8-9,17-18,20,22H,1-2,6-7,10-15H2,(H,24,25). The molecule has 0 spiro atoms. The quantitative estimate of drug-likeness (QED) is 0.536. The first kappa shape index (κ1) is 21.0. The van der Waals surface area contributed by atoms with Crippen molar-refractivity contribution < 1.29 is 19.8 Å². The fourth-order valence-corrected chi connectivity index (χ4v) is 4.99. The summed E-state index contributed by atoms with van der Waals surface area (Å²) < 4.78 is 0. The van der Waals surface area contributed by atoms with Crippen LogP contribution in [-0.2, 0) is 16.0 Å². The molecule has 144 valence electrons. The highest BCUT2D eigenvalue weighted by molar-refractivity contribution is 8.00. The molecule has 0 aromatic heterocycles. The van der Waals surface area contributed by atoms with Crippen LogP contribution in [0.5, 0.6) is 0 Å². The second-order valence-electron chi connectivity index (χ2n) is 7.17. The van der Waals surface area contributed by atoms with Gasteiger partial charge in [-0.05, 0) is 31.2 Å². The third-order valence-electron chi connectivity index (χ3n) is 5.01. The lowest BCUT2D eigenvalue weighted by atomic mass is 9.98. The number of hydrogen-bond acceptors (Lipinski definition) is 4. The first-order chi connectivity index (χ1) is 12.6. The Labute approximate surface area is 160 Å². The van der Waals surface area contributed by atoms with Crippen molar-refractivity contribution in [1.29, 1.82) is 0 Å². The highest BCUT2D eigenvalue weighted by Gasteiger charge is 2.34. The van der Waals surface area contributed by atoms with Gasteiger partial charge in [-0.2, -0.15) is 11.8 Å². The van der Waals surface area contributed by atoms with Gasteiger partial charge in [0.2, 0.25) is 0 Å². The number of carbonyl (C=O) groups excluding carboxylic acids is 1. The number of aliphatic carboxylic acids is 1. The zero-order chi connectivity index (χ0) is 18.8. The average molecular weight is 379 g/mol. The number of carboxylic acid groups (broad SMARTS) is 1. The van der Waals surface area contributed by atoms with E-state index in [2.05, 4.69) is 0 Å². The van der Waals surface area contributed by atoms with Gasteiger partial charge in [0.25, 0.3) is 0 Å². The van der Waals surface area contributed by atoms with Crippen molar-refractivity contribution in [3.05, 3.63) is 35.9 Å². The normalized spacial score (nSPS) is 21.0. The van der Waals surface area contributed by atoms with Gasteiger partial charge < -0.3 is 10.2 Å². The van der Waals surface area contributed by atoms with Crippen LogP contribution in [0, 0.1) is 5.92 Å². The molecule has 26 heavy (non-hydrogen) atoms. The molecule has 3 atom stereocenters. The van der Waals surface area contributed by atoms with Crippen LogP contribution in [0.4, 0.5) is 0 Å². The van der Waals surface area contributed by atoms with E-state index >= 15 is 0 Å². The predicted octanol–water partition coefficient (Wildman–Crippen LogP) is 4.10. The van der Waals surface area contributed by atoms with Crippen LogP contribution in [0.25, 0.3) is 0 Å². The second-order valence-corrected chi connectivity index (χ2v) is 8.45. The van der Waals surface area contributed by atoms with E-state index in [1.165, 1.54) is 0 Å². The van der Waals surface area contributed by atoms with E-state index in [0.29, 0.717) is 29.6 Å². The van der Waals surface area contributed by atoms with E-state index in [-0.39, 0.29) is 18.4 Å². The number of aliphatic hydroxyl groups is 1. The Bertz CT molecular complexity index is 560. The number of carbonyl (C=O) groups is 2. The third-order valence-corrected chi connectivity index (χ3v) is 6.58. The number of Topliss-reactive ketones (excluding diaryl/α,β-unsaturated/α-hetero) is 1. The minimum Gasteiger partial charge on any atom is -0.481 e. The summed E-state index contributed by atoms with van der Waals surface area (Å²) in [5.41, 5.74) is 1.14. The highest BCUT2D eigenvalue weighted by atomic mass is 32.2. The van der Waals surface area contributed by atoms with Gasteiger partial charge in [0.05, 0.1) is 6.10 Å². The Morgan fingerprint density at radius 3 is 2.62 bits per heavy atom. The van der Waals surface area contributed by atoms with E-state index in [4.69, 9.17) is 5.11 Å². The predicted molar refractivity (Wildman–Crippen MR) is 105 cm³/mol. The maximum absolute atomic E-state index is 12.2. The number of carboxylic acids is 1. The minimum atomic E-state index is -0.735. The van der Waals surface area contributed by atoms with Crippen molar-refractivity contribution in [1.82, 2.24) is 0 Å². The van der Waals surface area contributed by atoms with Crippen molar-refractivity contribution >= 4 is 23.5 Å². The Morgan fingerprint density at radius 2 is 1.88 bits per heavy atom. The molecule has 1 fully saturated rings. The van der Waals surface area contributed by atoms with E-state index in [9.17, 15) is 14.7 Å². The maximum atomic E-state index is 12.2. The fourth-order valence-electron chi connectivity index (χ4n) is 3.60. The smallest absolute Gasteiger partial charge is 0.303 e. The maximum Gasteiger partial charge on any atom is 0.303 e. The van der Waals surface area contributed by atoms with Crippen LogP contribution in [0.2, 0.25) is 0 Å². The van der Waals surface area contributed by atoms with Gasteiger partial charge in [-0.1, -0.05) is 49.6 Å². The van der Waals surface area contributed by atoms with Crippen molar-refractivity contribution in [2.24, 2.45) is 5.92 Å². The number of rotatable bonds is 12. The van der Waals surface area contributed by atoms with Gasteiger partial charge in [-0.3, -0.25) is 9.59 Å². The Balaban J connectivity index is 1.67. The molecule has 1 aromatic carbocycles. The summed E-state index contributed by atoms with van der Waals surface area (Å²) in [7, 11) is 0. The summed E-state index contributed by atoms with van der Waals surface area (Å²) in [6.07, 6.45) is 6.61. The first-order valence-corrected chi connectivity index (χ1v) is 10.7. The van der Waals surface area contributed by atoms with Crippen molar-refractivity contribution in [2.45, 2.75) is 69.1 Å². The average Bonchev–Trinajstić information content (AvgIpc) is 2.97. The van der Waals surface area contributed by atoms with Crippen LogP contribution in [-0.4, -0.2) is 39.1 Å². The minimum absolute atomic E-state index is 0.114. The molecular weight excluding hydrogens is 348 g/mol. The lowest BCUT2D eigenvalue weighted by Gasteiger charge is -2.20. The third kappa shape index (κ3) is 7.50. The van der Waals surface area contributed by atoms with Crippen LogP contribution < -0.4 is 0 Å². The van der Waals surface area contributed by atoms with Gasteiger partial charge in [0.1, 0.15) is 5.78 Å². The lowest BCUT2D eigenvalue weighted by molar-refractivity contribution is -0.137. The summed E-state index contributed by atoms with van der Waals surface area (Å²) in [5.74, 6) is 0.414. The topological polar surface area (TPSA) is 74.6 Å². The monoisotopic (exact) mass is 378 g/mol. The van der Waals surface area contributed by atoms with Crippen LogP contribution in [0.1, 0.15) is 56.9 Å². The number of unbranched alkanes of at least 4 members (excludes halogenated alkanes) is 3. The Morgan fingerprint density at radius 1 is 1.15 bits per heavy atom. The van der Waals surface area contributed by atoms with Gasteiger partial charge in [-0.25, -0.2) is 0 Å². The number of thioether (sulfide) groups is 1. The molecule has 2 N–H and O–H groups in total. The molecule has 0 amide bonds. The Hall–Kier alpha value is -1.33. The molecule has 0 aliphatic heterocycles. The number of benzene rings is 1. The largest absolute Gasteiger partial charge is 0.481 e. The Kier molecular flexibility index (Phi) is 9.19. The summed E-state index contributed by atoms with van der Waals surface area (Å²) in [6, 6.07) is 10.00. The number of aliphatic hydroxyl groups excluding tert-OH is 1. The molecule has 0 heterocycles. The van der Waals surface area contributed by atoms with Crippen LogP contribution in [0.3, 0.4) is 0 Å². The van der Waals surface area contributed by atoms with Crippen molar-refractivity contribution in [3.8, 4) is 0 Å². The van der Waals surface area contributed by atoms with Crippen molar-refractivity contribution in [3.63, 3.8) is 0 Å². The molecule has 2 rings (SSSR count). The van der Waals surface area contributed by atoms with Gasteiger partial charge >= 0.3 is 5.97 Å². The molecule has 5 heteroatoms. The summed E-state index contributed by atoms with van der Waals surface area (Å²) in [6.45, 7) is 0. The molecule has 0 radical (unpaired) electrons. The SMILES string of the molecule is O=C(O)CCCCCCC1C(=O)CCC1SCC(O)Cc1ccccc1. The van der Waals surface area contributed by atoms with E-state index < -0.39 is 5.97 Å². The lowest BCUT2D eigenvalue weighted by Crippen LogP contribution is -2.21. The molecule has 0 saturated heterocycles. The molecule has 3 unspecified atom stereocenters. The second kappa shape index (κ2) is 11.4. The van der Waals surface area contributed by atoms with E-state index in [1.54, 1.807) is 11.8 Å². The molecule has 1 aliphatic carbocycles. The van der Waals surface area contributed by atoms with Gasteiger partial charge in [0, 0.05) is 29.8 Å². The van der Waals surface area contributed by atoms with Gasteiger partial charge in [-0.15, -0.1) is 0 Å². The first-order valence-electron chi connectivity index (χ1n) is 9.64. The van der Waals surface area contributed by atoms with E-state index in [0.717, 1.165) is 44.1 Å². The number of ketones is 1. The molecule has 1 aliphatic rings. The van der Waals surface area contributed by atoms with E-state index in [1.807, 2.05) is 30.3 Å². The highest BCUT2D eigenvalue weighted by Crippen LogP contribution is 2.36. The zero-order valence-corrected chi connectivity index (χ0v) is 16.1. The van der Waals surface area contributed by atoms with Crippen molar-refractivity contribution in [2.75, 3.05) is 5.75 Å². The molecule has 1 saturated carbocycles. The van der Waals surface area contributed by atoms with Gasteiger partial charge in [0.15, 0.2) is 0 Å². The van der Waals surface area contributed by atoms with Crippen LogP contribution >= 0.6 is 11.8 Å². The zero-order valence-electron chi connectivity index (χ0n) is 15.3. The summed E-state index contributed by atoms with van der Waals surface area (Å²) in [5, 5.41) is 19.2. The number of hydrogen-bond donors (Lipinski definition) is 2. The fraction of sp³-hybridized carbons (Fsp3) is 0.619. The summed E-state index contributed by atoms with van der Waals surface area (Å²) in [4.78, 5) is 22.7. The molecular formula is C21H30O4S. The van der Waals surface area contributed by atoms with Crippen LogP contribution in [0.15, 0.2) is 30.3 Å². The molecule has 1 aromatic rings. The molecule has 4 nitrogen and oxygen atoms in total. The summed E-state index contributed by atoms with van der Waals surface area (Å²) >= 11 is 1.75.